The third-order valence-corrected chi connectivity index (χ3v) is 4.81. The predicted octanol–water partition coefficient (Wildman–Crippen LogP) is 6.71. The summed E-state index contributed by atoms with van der Waals surface area (Å²) in [6.07, 6.45) is 9.88. The first-order valence-corrected chi connectivity index (χ1v) is 8.89. The van der Waals surface area contributed by atoms with Gasteiger partial charge in [0.1, 0.15) is 0 Å². The van der Waals surface area contributed by atoms with Crippen LogP contribution in [0.2, 0.25) is 0 Å². The van der Waals surface area contributed by atoms with Gasteiger partial charge in [-0.15, -0.1) is 11.3 Å². The van der Waals surface area contributed by atoms with Gasteiger partial charge in [-0.1, -0.05) is 45.8 Å². The molecule has 0 aliphatic rings. The van der Waals surface area contributed by atoms with Gasteiger partial charge in [0.05, 0.1) is 0 Å². The van der Waals surface area contributed by atoms with Crippen molar-refractivity contribution in [2.24, 2.45) is 5.41 Å². The van der Waals surface area contributed by atoms with Crippen LogP contribution in [0.3, 0.4) is 0 Å². The maximum atomic E-state index is 2.42. The summed E-state index contributed by atoms with van der Waals surface area (Å²) in [4.78, 5) is 3.11. The molecule has 0 N–H and O–H groups in total. The highest BCUT2D eigenvalue weighted by molar-refractivity contribution is 7.12. The maximum Gasteiger partial charge on any atom is 0.00801 e. The van der Waals surface area contributed by atoms with Crippen molar-refractivity contribution in [2.75, 3.05) is 0 Å². The van der Waals surface area contributed by atoms with Gasteiger partial charge in [0.15, 0.2) is 0 Å². The number of aryl methyl sites for hydroxylation is 3. The van der Waals surface area contributed by atoms with Crippen LogP contribution in [-0.2, 0) is 12.8 Å². The summed E-state index contributed by atoms with van der Waals surface area (Å²) in [5.74, 6) is 0. The summed E-state index contributed by atoms with van der Waals surface area (Å²) < 4.78 is 0. The molecule has 0 aliphatic carbocycles. The highest BCUT2D eigenvalue weighted by Gasteiger charge is 2.14. The van der Waals surface area contributed by atoms with Crippen LogP contribution < -0.4 is 0 Å². The molecule has 114 valence electrons. The largest absolute Gasteiger partial charge is 0.145 e. The SMILES string of the molecule is C/C=C(\CCc1cc(C)sc1CCCC)CC(C)(C)C. The monoisotopic (exact) mass is 292 g/mol. The lowest BCUT2D eigenvalue weighted by molar-refractivity contribution is 0.404. The number of thiophene rings is 1. The van der Waals surface area contributed by atoms with Crippen molar-refractivity contribution in [3.05, 3.63) is 33.0 Å². The zero-order valence-corrected chi connectivity index (χ0v) is 15.1. The van der Waals surface area contributed by atoms with Crippen LogP contribution in [0.15, 0.2) is 17.7 Å². The molecule has 0 aromatic carbocycles. The van der Waals surface area contributed by atoms with E-state index >= 15 is 0 Å². The Bertz CT molecular complexity index is 429. The van der Waals surface area contributed by atoms with E-state index in [0.29, 0.717) is 5.41 Å². The molecule has 0 unspecified atom stereocenters. The lowest BCUT2D eigenvalue weighted by atomic mass is 9.85. The molecule has 0 bridgehead atoms. The predicted molar refractivity (Wildman–Crippen MR) is 93.8 cm³/mol. The molecule has 1 aromatic heterocycles. The molecule has 1 aromatic rings. The van der Waals surface area contributed by atoms with Gasteiger partial charge in [-0.25, -0.2) is 0 Å². The van der Waals surface area contributed by atoms with Gasteiger partial charge in [-0.3, -0.25) is 0 Å². The summed E-state index contributed by atoms with van der Waals surface area (Å²) in [5.41, 5.74) is 3.62. The second kappa shape index (κ2) is 8.02. The van der Waals surface area contributed by atoms with E-state index in [9.17, 15) is 0 Å². The summed E-state index contributed by atoms with van der Waals surface area (Å²) in [6, 6.07) is 2.42. The Morgan fingerprint density at radius 2 is 1.95 bits per heavy atom. The molecular weight excluding hydrogens is 260 g/mol. The lowest BCUT2D eigenvalue weighted by Gasteiger charge is -2.20. The lowest BCUT2D eigenvalue weighted by Crippen LogP contribution is -2.07. The van der Waals surface area contributed by atoms with Crippen LogP contribution in [0, 0.1) is 12.3 Å². The van der Waals surface area contributed by atoms with E-state index in [1.807, 2.05) is 11.3 Å². The topological polar surface area (TPSA) is 0 Å². The smallest absolute Gasteiger partial charge is 0.00801 e. The normalized spacial score (nSPS) is 13.0. The van der Waals surface area contributed by atoms with Crippen molar-refractivity contribution in [1.29, 1.82) is 0 Å². The molecule has 0 amide bonds. The second-order valence-corrected chi connectivity index (χ2v) is 8.43. The van der Waals surface area contributed by atoms with Crippen molar-refractivity contribution in [1.82, 2.24) is 0 Å². The van der Waals surface area contributed by atoms with Gasteiger partial charge < -0.3 is 0 Å². The van der Waals surface area contributed by atoms with Crippen LogP contribution in [0.5, 0.6) is 0 Å². The first-order valence-electron chi connectivity index (χ1n) is 8.08. The fraction of sp³-hybridized carbons (Fsp3) is 0.684. The van der Waals surface area contributed by atoms with Crippen LogP contribution in [0.1, 0.15) is 75.6 Å². The number of allylic oxidation sites excluding steroid dienone is 2. The molecule has 0 atom stereocenters. The van der Waals surface area contributed by atoms with Gasteiger partial charge in [-0.2, -0.15) is 0 Å². The molecule has 0 nitrogen and oxygen atoms in total. The summed E-state index contributed by atoms with van der Waals surface area (Å²) in [5, 5.41) is 0. The molecule has 1 rings (SSSR count). The van der Waals surface area contributed by atoms with Crippen molar-refractivity contribution >= 4 is 11.3 Å². The van der Waals surface area contributed by atoms with Crippen LogP contribution in [0.4, 0.5) is 0 Å². The standard InChI is InChI=1S/C19H32S/c1-7-9-10-18-17(13-15(3)20-18)12-11-16(8-2)14-19(4,5)6/h8,13H,7,9-12,14H2,1-6H3/b16-8+. The Hall–Kier alpha value is -0.560. The number of unbranched alkanes of at least 4 members (excludes halogenated alkanes) is 1. The van der Waals surface area contributed by atoms with Crippen molar-refractivity contribution in [3.63, 3.8) is 0 Å². The van der Waals surface area contributed by atoms with Crippen LogP contribution >= 0.6 is 11.3 Å². The average Bonchev–Trinajstić information content (AvgIpc) is 2.71. The maximum absolute atomic E-state index is 2.42. The Morgan fingerprint density at radius 1 is 1.25 bits per heavy atom. The fourth-order valence-corrected chi connectivity index (χ4v) is 3.82. The average molecular weight is 293 g/mol. The molecule has 0 spiro atoms. The zero-order chi connectivity index (χ0) is 15.2. The Balaban J connectivity index is 2.64. The third-order valence-electron chi connectivity index (χ3n) is 3.66. The van der Waals surface area contributed by atoms with Gasteiger partial charge in [0, 0.05) is 9.75 Å². The van der Waals surface area contributed by atoms with Gasteiger partial charge in [0.25, 0.3) is 0 Å². The Labute approximate surface area is 130 Å². The van der Waals surface area contributed by atoms with Crippen molar-refractivity contribution < 1.29 is 0 Å². The molecule has 0 fully saturated rings. The van der Waals surface area contributed by atoms with Crippen LogP contribution in [0.25, 0.3) is 0 Å². The zero-order valence-electron chi connectivity index (χ0n) is 14.3. The van der Waals surface area contributed by atoms with Crippen molar-refractivity contribution in [2.45, 2.75) is 80.1 Å². The molecular formula is C19H32S. The summed E-state index contributed by atoms with van der Waals surface area (Å²) in [6.45, 7) is 13.7. The van der Waals surface area contributed by atoms with Gasteiger partial charge in [0.2, 0.25) is 0 Å². The first-order chi connectivity index (χ1) is 9.35. The van der Waals surface area contributed by atoms with Gasteiger partial charge >= 0.3 is 0 Å². The minimum Gasteiger partial charge on any atom is -0.145 e. The van der Waals surface area contributed by atoms with Crippen molar-refractivity contribution in [3.8, 4) is 0 Å². The minimum atomic E-state index is 0.400. The molecule has 20 heavy (non-hydrogen) atoms. The van der Waals surface area contributed by atoms with E-state index in [-0.39, 0.29) is 0 Å². The summed E-state index contributed by atoms with van der Waals surface area (Å²) >= 11 is 2.01. The molecule has 0 saturated carbocycles. The fourth-order valence-electron chi connectivity index (χ4n) is 2.69. The molecule has 1 heteroatoms. The van der Waals surface area contributed by atoms with E-state index in [1.165, 1.54) is 43.4 Å². The minimum absolute atomic E-state index is 0.400. The van der Waals surface area contributed by atoms with E-state index in [4.69, 9.17) is 0 Å². The molecule has 1 heterocycles. The van der Waals surface area contributed by atoms with E-state index in [2.05, 4.69) is 53.7 Å². The van der Waals surface area contributed by atoms with Crippen LogP contribution in [-0.4, -0.2) is 0 Å². The Morgan fingerprint density at radius 3 is 2.50 bits per heavy atom. The number of hydrogen-bond donors (Lipinski definition) is 0. The number of hydrogen-bond acceptors (Lipinski definition) is 1. The first kappa shape index (κ1) is 17.5. The Kier molecular flexibility index (Phi) is 7.02. The van der Waals surface area contributed by atoms with Gasteiger partial charge in [-0.05, 0) is 63.0 Å². The highest BCUT2D eigenvalue weighted by Crippen LogP contribution is 2.29. The third kappa shape index (κ3) is 6.26. The van der Waals surface area contributed by atoms with E-state index in [1.54, 1.807) is 16.0 Å². The second-order valence-electron chi connectivity index (χ2n) is 7.09. The molecule has 0 radical (unpaired) electrons. The quantitative estimate of drug-likeness (QED) is 0.490. The molecule has 0 saturated heterocycles. The van der Waals surface area contributed by atoms with E-state index in [0.717, 1.165) is 0 Å². The molecule has 0 aliphatic heterocycles. The number of rotatable bonds is 7. The summed E-state index contributed by atoms with van der Waals surface area (Å²) in [7, 11) is 0. The van der Waals surface area contributed by atoms with E-state index < -0.39 is 0 Å². The highest BCUT2D eigenvalue weighted by atomic mass is 32.1.